The van der Waals surface area contributed by atoms with E-state index >= 15 is 0 Å². The van der Waals surface area contributed by atoms with Crippen molar-refractivity contribution in [2.24, 2.45) is 21.3 Å². The minimum atomic E-state index is -0.232. The quantitative estimate of drug-likeness (QED) is 0.657. The average Bonchev–Trinajstić information content (AvgIpc) is 2.53. The standard InChI is InChI=1S/C20H27N3/c1-6-8-18(23-7-2)17-10-9-16-11-14(3)15(13-21)12-20(16,4)19(17)22-5/h12,16H,3,5-11H2,1-2,4H3/b23-18-. The Morgan fingerprint density at radius 2 is 2.22 bits per heavy atom. The van der Waals surface area contributed by atoms with Gasteiger partial charge in [0, 0.05) is 17.7 Å². The summed E-state index contributed by atoms with van der Waals surface area (Å²) in [5.41, 5.74) is 4.88. The molecule has 2 aliphatic rings. The number of allylic oxidation sites excluding steroid dienone is 4. The maximum atomic E-state index is 9.40. The summed E-state index contributed by atoms with van der Waals surface area (Å²) in [4.78, 5) is 9.16. The Morgan fingerprint density at radius 1 is 1.48 bits per heavy atom. The first-order chi connectivity index (χ1) is 11.0. The van der Waals surface area contributed by atoms with Crippen molar-refractivity contribution in [1.29, 1.82) is 5.26 Å². The highest BCUT2D eigenvalue weighted by Crippen LogP contribution is 2.53. The Balaban J connectivity index is 2.61. The molecule has 0 aromatic heterocycles. The average molecular weight is 309 g/mol. The van der Waals surface area contributed by atoms with E-state index in [1.165, 1.54) is 11.3 Å². The lowest BCUT2D eigenvalue weighted by atomic mass is 9.60. The fraction of sp³-hybridized carbons (Fsp3) is 0.550. The molecule has 2 unspecified atom stereocenters. The molecule has 3 nitrogen and oxygen atoms in total. The van der Waals surface area contributed by atoms with Crippen molar-refractivity contribution < 1.29 is 0 Å². The Morgan fingerprint density at radius 3 is 2.78 bits per heavy atom. The normalized spacial score (nSPS) is 28.1. The molecule has 0 bridgehead atoms. The van der Waals surface area contributed by atoms with Gasteiger partial charge in [-0.2, -0.15) is 5.26 Å². The number of nitriles is 1. The minimum Gasteiger partial charge on any atom is -0.290 e. The number of nitrogens with zero attached hydrogens (tertiary/aromatic N) is 3. The van der Waals surface area contributed by atoms with Gasteiger partial charge in [0.15, 0.2) is 0 Å². The Labute approximate surface area is 140 Å². The molecule has 0 radical (unpaired) electrons. The fourth-order valence-corrected chi connectivity index (χ4v) is 3.98. The van der Waals surface area contributed by atoms with Gasteiger partial charge in [-0.25, -0.2) is 0 Å². The van der Waals surface area contributed by atoms with Gasteiger partial charge in [-0.3, -0.25) is 9.98 Å². The van der Waals surface area contributed by atoms with Crippen LogP contribution in [0.5, 0.6) is 0 Å². The molecule has 0 N–H and O–H groups in total. The van der Waals surface area contributed by atoms with Crippen molar-refractivity contribution >= 4 is 12.4 Å². The molecule has 2 aliphatic carbocycles. The molecule has 0 heterocycles. The monoisotopic (exact) mass is 309 g/mol. The van der Waals surface area contributed by atoms with Crippen molar-refractivity contribution in [1.82, 2.24) is 0 Å². The van der Waals surface area contributed by atoms with Crippen LogP contribution in [0.3, 0.4) is 0 Å². The van der Waals surface area contributed by atoms with Gasteiger partial charge in [0.1, 0.15) is 0 Å². The summed E-state index contributed by atoms with van der Waals surface area (Å²) in [6.07, 6.45) is 7.08. The van der Waals surface area contributed by atoms with E-state index in [1.807, 2.05) is 0 Å². The van der Waals surface area contributed by atoms with Crippen LogP contribution in [-0.2, 0) is 0 Å². The van der Waals surface area contributed by atoms with Gasteiger partial charge in [-0.05, 0) is 56.4 Å². The molecule has 122 valence electrons. The van der Waals surface area contributed by atoms with Crippen LogP contribution in [0.2, 0.25) is 0 Å². The second kappa shape index (κ2) is 7.08. The second-order valence-electron chi connectivity index (χ2n) is 6.65. The SMILES string of the molecule is C=NC1=C(/C(CCC)=N\CC)CCC2CC(=C)C(C#N)=CC12C. The van der Waals surface area contributed by atoms with E-state index < -0.39 is 0 Å². The zero-order valence-corrected chi connectivity index (χ0v) is 14.7. The maximum Gasteiger partial charge on any atom is 0.0991 e. The van der Waals surface area contributed by atoms with Crippen LogP contribution in [0.4, 0.5) is 0 Å². The molecule has 2 rings (SSSR count). The minimum absolute atomic E-state index is 0.232. The molecular formula is C20H27N3. The van der Waals surface area contributed by atoms with E-state index in [2.05, 4.69) is 51.2 Å². The molecule has 0 fully saturated rings. The molecule has 0 amide bonds. The summed E-state index contributed by atoms with van der Waals surface area (Å²) >= 11 is 0. The Bertz CT molecular complexity index is 642. The van der Waals surface area contributed by atoms with E-state index in [-0.39, 0.29) is 5.41 Å². The smallest absolute Gasteiger partial charge is 0.0991 e. The number of rotatable bonds is 5. The molecule has 0 saturated heterocycles. The first-order valence-electron chi connectivity index (χ1n) is 8.56. The third kappa shape index (κ3) is 3.08. The van der Waals surface area contributed by atoms with E-state index in [1.54, 1.807) is 0 Å². The summed E-state index contributed by atoms with van der Waals surface area (Å²) < 4.78 is 0. The van der Waals surface area contributed by atoms with Gasteiger partial charge in [-0.15, -0.1) is 0 Å². The summed E-state index contributed by atoms with van der Waals surface area (Å²) in [6.45, 7) is 15.2. The van der Waals surface area contributed by atoms with Crippen LogP contribution in [0.1, 0.15) is 52.9 Å². The molecule has 23 heavy (non-hydrogen) atoms. The maximum absolute atomic E-state index is 9.40. The van der Waals surface area contributed by atoms with E-state index in [0.717, 1.165) is 49.9 Å². The van der Waals surface area contributed by atoms with Gasteiger partial charge in [-0.1, -0.05) is 32.9 Å². The third-order valence-electron chi connectivity index (χ3n) is 5.17. The zero-order valence-electron chi connectivity index (χ0n) is 14.7. The largest absolute Gasteiger partial charge is 0.290 e. The van der Waals surface area contributed by atoms with Crippen LogP contribution in [0.25, 0.3) is 0 Å². The molecule has 0 spiro atoms. The van der Waals surface area contributed by atoms with E-state index in [0.29, 0.717) is 11.5 Å². The predicted octanol–water partition coefficient (Wildman–Crippen LogP) is 5.03. The van der Waals surface area contributed by atoms with Crippen LogP contribution >= 0.6 is 0 Å². The van der Waals surface area contributed by atoms with Crippen LogP contribution in [0.15, 0.2) is 45.1 Å². The zero-order chi connectivity index (χ0) is 17.0. The third-order valence-corrected chi connectivity index (χ3v) is 5.17. The van der Waals surface area contributed by atoms with Crippen molar-refractivity contribution in [3.63, 3.8) is 0 Å². The molecule has 0 aromatic carbocycles. The van der Waals surface area contributed by atoms with Crippen LogP contribution < -0.4 is 0 Å². The summed E-state index contributed by atoms with van der Waals surface area (Å²) in [6, 6.07) is 2.30. The van der Waals surface area contributed by atoms with Gasteiger partial charge >= 0.3 is 0 Å². The molecule has 0 aromatic rings. The lowest BCUT2D eigenvalue weighted by Gasteiger charge is -2.44. The Hall–Kier alpha value is -1.95. The van der Waals surface area contributed by atoms with Gasteiger partial charge in [0.05, 0.1) is 17.3 Å². The van der Waals surface area contributed by atoms with Gasteiger partial charge in [0.2, 0.25) is 0 Å². The van der Waals surface area contributed by atoms with Gasteiger partial charge < -0.3 is 0 Å². The molecule has 0 aliphatic heterocycles. The highest BCUT2D eigenvalue weighted by Gasteiger charge is 2.44. The summed E-state index contributed by atoms with van der Waals surface area (Å²) in [5.74, 6) is 0.445. The molecule has 0 saturated carbocycles. The second-order valence-corrected chi connectivity index (χ2v) is 6.65. The van der Waals surface area contributed by atoms with Crippen molar-refractivity contribution in [3.8, 4) is 6.07 Å². The topological polar surface area (TPSA) is 48.5 Å². The lowest BCUT2D eigenvalue weighted by molar-refractivity contribution is 0.256. The van der Waals surface area contributed by atoms with Crippen molar-refractivity contribution in [2.75, 3.05) is 6.54 Å². The first-order valence-corrected chi connectivity index (χ1v) is 8.56. The van der Waals surface area contributed by atoms with E-state index in [9.17, 15) is 5.26 Å². The number of aliphatic imine (C=N–C) groups is 2. The molecule has 2 atom stereocenters. The molecular weight excluding hydrogens is 282 g/mol. The van der Waals surface area contributed by atoms with Crippen molar-refractivity contribution in [3.05, 3.63) is 35.1 Å². The van der Waals surface area contributed by atoms with Gasteiger partial charge in [0.25, 0.3) is 0 Å². The summed E-state index contributed by atoms with van der Waals surface area (Å²) in [7, 11) is 0. The fourth-order valence-electron chi connectivity index (χ4n) is 3.98. The number of hydrogen-bond donors (Lipinski definition) is 0. The number of fused-ring (bicyclic) bond motifs is 1. The highest BCUT2D eigenvalue weighted by atomic mass is 14.8. The molecule has 3 heteroatoms. The lowest BCUT2D eigenvalue weighted by Crippen LogP contribution is -2.36. The van der Waals surface area contributed by atoms with Crippen LogP contribution in [0, 0.1) is 22.7 Å². The first kappa shape index (κ1) is 17.4. The van der Waals surface area contributed by atoms with Crippen LogP contribution in [-0.4, -0.2) is 19.0 Å². The Kier molecular flexibility index (Phi) is 5.36. The highest BCUT2D eigenvalue weighted by molar-refractivity contribution is 6.01. The van der Waals surface area contributed by atoms with Crippen molar-refractivity contribution in [2.45, 2.75) is 52.9 Å². The predicted molar refractivity (Wildman–Crippen MR) is 97.7 cm³/mol. The number of hydrogen-bond acceptors (Lipinski definition) is 3. The summed E-state index contributed by atoms with van der Waals surface area (Å²) in [5, 5.41) is 9.40. The van der Waals surface area contributed by atoms with E-state index in [4.69, 9.17) is 4.99 Å².